The predicted molar refractivity (Wildman–Crippen MR) is 39.6 cm³/mol. The minimum absolute atomic E-state index is 0.00981. The van der Waals surface area contributed by atoms with Crippen LogP contribution in [0.15, 0.2) is 35.6 Å². The summed E-state index contributed by atoms with van der Waals surface area (Å²) in [5.74, 6) is 0.00981. The highest BCUT2D eigenvalue weighted by Gasteiger charge is 2.08. The van der Waals surface area contributed by atoms with Gasteiger partial charge >= 0.3 is 0 Å². The highest BCUT2D eigenvalue weighted by Crippen LogP contribution is 2.13. The summed E-state index contributed by atoms with van der Waals surface area (Å²) in [6.07, 6.45) is 5.90. The number of aliphatic hydroxyl groups is 2. The first-order valence-corrected chi connectivity index (χ1v) is 3.17. The second-order valence-corrected chi connectivity index (χ2v) is 2.16. The lowest BCUT2D eigenvalue weighted by Crippen LogP contribution is -2.09. The van der Waals surface area contributed by atoms with Crippen molar-refractivity contribution in [3.05, 3.63) is 35.6 Å². The molecule has 0 aromatic heterocycles. The van der Waals surface area contributed by atoms with E-state index in [4.69, 9.17) is 10.2 Å². The van der Waals surface area contributed by atoms with Crippen LogP contribution >= 0.6 is 0 Å². The third kappa shape index (κ3) is 1.28. The van der Waals surface area contributed by atoms with Crippen LogP contribution < -0.4 is 0 Å². The molecule has 0 saturated heterocycles. The van der Waals surface area contributed by atoms with Gasteiger partial charge in [0.15, 0.2) is 0 Å². The van der Waals surface area contributed by atoms with Crippen LogP contribution in [0.1, 0.15) is 6.92 Å². The zero-order valence-corrected chi connectivity index (χ0v) is 5.78. The van der Waals surface area contributed by atoms with Gasteiger partial charge in [-0.15, -0.1) is 0 Å². The van der Waals surface area contributed by atoms with Crippen LogP contribution in [0, 0.1) is 0 Å². The minimum Gasteiger partial charge on any atom is -0.509 e. The maximum absolute atomic E-state index is 9.00. The second-order valence-electron chi connectivity index (χ2n) is 2.16. The van der Waals surface area contributed by atoms with Crippen LogP contribution in [-0.4, -0.2) is 16.3 Å². The molecule has 2 heteroatoms. The molecule has 0 fully saturated rings. The first-order valence-electron chi connectivity index (χ1n) is 3.17. The van der Waals surface area contributed by atoms with Gasteiger partial charge < -0.3 is 10.2 Å². The molecule has 2 N–H and O–H groups in total. The third-order valence-electron chi connectivity index (χ3n) is 1.42. The van der Waals surface area contributed by atoms with Crippen molar-refractivity contribution in [1.82, 2.24) is 0 Å². The summed E-state index contributed by atoms with van der Waals surface area (Å²) in [7, 11) is 0. The molecule has 0 saturated carbocycles. The lowest BCUT2D eigenvalue weighted by molar-refractivity contribution is 0.191. The molecule has 2 nitrogen and oxygen atoms in total. The number of aliphatic hydroxyl groups excluding tert-OH is 2. The average molecular weight is 138 g/mol. The number of rotatable bonds is 0. The van der Waals surface area contributed by atoms with Crippen molar-refractivity contribution < 1.29 is 10.2 Å². The summed E-state index contributed by atoms with van der Waals surface area (Å²) < 4.78 is 0. The smallest absolute Gasteiger partial charge is 0.129 e. The topological polar surface area (TPSA) is 40.5 Å². The van der Waals surface area contributed by atoms with Gasteiger partial charge in [-0.1, -0.05) is 12.2 Å². The molecule has 0 aliphatic heterocycles. The zero-order chi connectivity index (χ0) is 7.56. The number of allylic oxidation sites excluding steroid dienone is 4. The standard InChI is InChI=1S/C8H10O2/c1-2-6-3-4-7(9)8(10)5-6/h2-5,7,9-10H,1H3/b6-2+. The van der Waals surface area contributed by atoms with Gasteiger partial charge in [0.1, 0.15) is 11.9 Å². The maximum atomic E-state index is 9.00. The van der Waals surface area contributed by atoms with E-state index < -0.39 is 6.10 Å². The van der Waals surface area contributed by atoms with E-state index in [0.29, 0.717) is 0 Å². The maximum Gasteiger partial charge on any atom is 0.129 e. The van der Waals surface area contributed by atoms with Crippen LogP contribution in [0.3, 0.4) is 0 Å². The van der Waals surface area contributed by atoms with E-state index in [0.717, 1.165) is 5.57 Å². The molecule has 10 heavy (non-hydrogen) atoms. The summed E-state index contributed by atoms with van der Waals surface area (Å²) in [5.41, 5.74) is 0.919. The highest BCUT2D eigenvalue weighted by atomic mass is 16.3. The molecule has 0 aromatic rings. The molecule has 1 unspecified atom stereocenters. The minimum atomic E-state index is -0.816. The van der Waals surface area contributed by atoms with Crippen molar-refractivity contribution in [2.45, 2.75) is 13.0 Å². The predicted octanol–water partition coefficient (Wildman–Crippen LogP) is 1.31. The van der Waals surface area contributed by atoms with E-state index in [2.05, 4.69) is 0 Å². The van der Waals surface area contributed by atoms with E-state index in [1.165, 1.54) is 0 Å². The molecule has 0 aromatic carbocycles. The third-order valence-corrected chi connectivity index (χ3v) is 1.42. The fraction of sp³-hybridized carbons (Fsp3) is 0.250. The normalized spacial score (nSPS) is 28.8. The Kier molecular flexibility index (Phi) is 1.92. The van der Waals surface area contributed by atoms with Crippen LogP contribution in [0.25, 0.3) is 0 Å². The molecule has 0 amide bonds. The van der Waals surface area contributed by atoms with Crippen molar-refractivity contribution in [2.24, 2.45) is 0 Å². The zero-order valence-electron chi connectivity index (χ0n) is 5.78. The molecule has 1 aliphatic carbocycles. The van der Waals surface area contributed by atoms with E-state index in [1.54, 1.807) is 18.2 Å². The monoisotopic (exact) mass is 138 g/mol. The van der Waals surface area contributed by atoms with Crippen LogP contribution in [0.5, 0.6) is 0 Å². The summed E-state index contributed by atoms with van der Waals surface area (Å²) in [5, 5.41) is 18.0. The summed E-state index contributed by atoms with van der Waals surface area (Å²) in [6, 6.07) is 0. The Morgan fingerprint density at radius 3 is 2.80 bits per heavy atom. The molecular formula is C8H10O2. The van der Waals surface area contributed by atoms with Crippen molar-refractivity contribution in [1.29, 1.82) is 0 Å². The Hall–Kier alpha value is -1.02. The summed E-state index contributed by atoms with van der Waals surface area (Å²) in [4.78, 5) is 0. The molecule has 1 aliphatic rings. The van der Waals surface area contributed by atoms with Gasteiger partial charge in [-0.25, -0.2) is 0 Å². The van der Waals surface area contributed by atoms with E-state index in [-0.39, 0.29) is 5.76 Å². The second kappa shape index (κ2) is 2.71. The van der Waals surface area contributed by atoms with Gasteiger partial charge in [0.05, 0.1) is 0 Å². The fourth-order valence-corrected chi connectivity index (χ4v) is 0.785. The van der Waals surface area contributed by atoms with Crippen molar-refractivity contribution in [2.75, 3.05) is 0 Å². The highest BCUT2D eigenvalue weighted by molar-refractivity contribution is 5.38. The van der Waals surface area contributed by atoms with Crippen molar-refractivity contribution >= 4 is 0 Å². The van der Waals surface area contributed by atoms with E-state index in [9.17, 15) is 0 Å². The SMILES string of the molecule is C/C=C1\C=CC(O)C(O)=C1. The van der Waals surface area contributed by atoms with Gasteiger partial charge in [0.25, 0.3) is 0 Å². The Bertz CT molecular complexity index is 211. The van der Waals surface area contributed by atoms with Gasteiger partial charge in [-0.05, 0) is 24.6 Å². The van der Waals surface area contributed by atoms with Crippen molar-refractivity contribution in [3.8, 4) is 0 Å². The molecule has 0 radical (unpaired) electrons. The van der Waals surface area contributed by atoms with Crippen LogP contribution in [-0.2, 0) is 0 Å². The molecule has 0 heterocycles. The van der Waals surface area contributed by atoms with Crippen LogP contribution in [0.2, 0.25) is 0 Å². The molecular weight excluding hydrogens is 128 g/mol. The number of hydrogen-bond donors (Lipinski definition) is 2. The molecule has 1 rings (SSSR count). The number of hydrogen-bond acceptors (Lipinski definition) is 2. The van der Waals surface area contributed by atoms with Crippen LogP contribution in [0.4, 0.5) is 0 Å². The summed E-state index contributed by atoms with van der Waals surface area (Å²) >= 11 is 0. The Labute approximate surface area is 59.8 Å². The quantitative estimate of drug-likeness (QED) is 0.529. The largest absolute Gasteiger partial charge is 0.509 e. The lowest BCUT2D eigenvalue weighted by atomic mass is 10.1. The van der Waals surface area contributed by atoms with Crippen molar-refractivity contribution in [3.63, 3.8) is 0 Å². The molecule has 0 spiro atoms. The molecule has 54 valence electrons. The molecule has 0 bridgehead atoms. The first-order chi connectivity index (χ1) is 4.74. The first kappa shape index (κ1) is 7.09. The lowest BCUT2D eigenvalue weighted by Gasteiger charge is -2.09. The van der Waals surface area contributed by atoms with Gasteiger partial charge in [-0.2, -0.15) is 0 Å². The van der Waals surface area contributed by atoms with Gasteiger partial charge in [0.2, 0.25) is 0 Å². The Balaban J connectivity index is 2.84. The van der Waals surface area contributed by atoms with Gasteiger partial charge in [-0.3, -0.25) is 0 Å². The molecule has 1 atom stereocenters. The van der Waals surface area contributed by atoms with E-state index in [1.807, 2.05) is 13.0 Å². The average Bonchev–Trinajstić information content (AvgIpc) is 1.95. The fourth-order valence-electron chi connectivity index (χ4n) is 0.785. The Morgan fingerprint density at radius 2 is 2.30 bits per heavy atom. The Morgan fingerprint density at radius 1 is 1.60 bits per heavy atom. The van der Waals surface area contributed by atoms with Gasteiger partial charge in [0, 0.05) is 0 Å². The summed E-state index contributed by atoms with van der Waals surface area (Å²) in [6.45, 7) is 1.88. The van der Waals surface area contributed by atoms with E-state index >= 15 is 0 Å².